The molecule has 5 nitrogen and oxygen atoms in total. The zero-order valence-electron chi connectivity index (χ0n) is 13.2. The van der Waals surface area contributed by atoms with E-state index in [2.05, 4.69) is 15.3 Å². The molecular formula is C17H22N4O. The summed E-state index contributed by atoms with van der Waals surface area (Å²) in [5, 5.41) is 7.21. The first-order valence-corrected chi connectivity index (χ1v) is 7.88. The van der Waals surface area contributed by atoms with E-state index in [9.17, 15) is 4.79 Å². The summed E-state index contributed by atoms with van der Waals surface area (Å²) >= 11 is 0. The SMILES string of the molecule is CCn1ncc(C)c1NC(=O)c1ccc(N2CCCC2)cc1. The molecule has 1 fully saturated rings. The number of amides is 1. The second kappa shape index (κ2) is 6.22. The van der Waals surface area contributed by atoms with Crippen molar-refractivity contribution in [2.75, 3.05) is 23.3 Å². The van der Waals surface area contributed by atoms with Crippen molar-refractivity contribution in [2.45, 2.75) is 33.2 Å². The Morgan fingerprint density at radius 1 is 1.23 bits per heavy atom. The van der Waals surface area contributed by atoms with E-state index in [0.29, 0.717) is 5.56 Å². The number of rotatable bonds is 4. The summed E-state index contributed by atoms with van der Waals surface area (Å²) in [6.45, 7) is 6.91. The van der Waals surface area contributed by atoms with Crippen LogP contribution in [0.1, 0.15) is 35.7 Å². The lowest BCUT2D eigenvalue weighted by Crippen LogP contribution is -2.18. The molecule has 1 aromatic carbocycles. The van der Waals surface area contributed by atoms with Crippen molar-refractivity contribution < 1.29 is 4.79 Å². The fraction of sp³-hybridized carbons (Fsp3) is 0.412. The molecule has 1 aliphatic heterocycles. The van der Waals surface area contributed by atoms with Crippen LogP contribution in [0.5, 0.6) is 0 Å². The third kappa shape index (κ3) is 2.84. The molecule has 0 radical (unpaired) electrons. The Balaban J connectivity index is 1.73. The van der Waals surface area contributed by atoms with Gasteiger partial charge in [0, 0.05) is 36.4 Å². The number of carbonyl (C=O) groups excluding carboxylic acids is 1. The molecule has 0 bridgehead atoms. The van der Waals surface area contributed by atoms with Crippen molar-refractivity contribution in [3.05, 3.63) is 41.6 Å². The highest BCUT2D eigenvalue weighted by Crippen LogP contribution is 2.21. The molecule has 0 unspecified atom stereocenters. The van der Waals surface area contributed by atoms with Gasteiger partial charge in [-0.05, 0) is 51.0 Å². The summed E-state index contributed by atoms with van der Waals surface area (Å²) in [5.74, 6) is 0.683. The molecule has 1 N–H and O–H groups in total. The fourth-order valence-corrected chi connectivity index (χ4v) is 2.86. The average molecular weight is 298 g/mol. The van der Waals surface area contributed by atoms with Gasteiger partial charge in [-0.1, -0.05) is 0 Å². The number of benzene rings is 1. The van der Waals surface area contributed by atoms with Gasteiger partial charge in [-0.25, -0.2) is 4.68 Å². The van der Waals surface area contributed by atoms with Crippen LogP contribution < -0.4 is 10.2 Å². The molecule has 2 aromatic rings. The van der Waals surface area contributed by atoms with Crippen molar-refractivity contribution in [1.82, 2.24) is 9.78 Å². The van der Waals surface area contributed by atoms with Gasteiger partial charge in [-0.3, -0.25) is 4.79 Å². The Kier molecular flexibility index (Phi) is 4.13. The summed E-state index contributed by atoms with van der Waals surface area (Å²) in [7, 11) is 0. The van der Waals surface area contributed by atoms with Crippen LogP contribution in [0, 0.1) is 6.92 Å². The van der Waals surface area contributed by atoms with E-state index in [1.807, 2.05) is 38.1 Å². The highest BCUT2D eigenvalue weighted by Gasteiger charge is 2.14. The van der Waals surface area contributed by atoms with Crippen LogP contribution in [-0.4, -0.2) is 28.8 Å². The number of carbonyl (C=O) groups is 1. The Bertz CT molecular complexity index is 654. The molecule has 2 heterocycles. The molecule has 116 valence electrons. The zero-order valence-corrected chi connectivity index (χ0v) is 13.2. The Hall–Kier alpha value is -2.30. The van der Waals surface area contributed by atoms with Gasteiger partial charge in [0.2, 0.25) is 0 Å². The van der Waals surface area contributed by atoms with E-state index in [1.165, 1.54) is 18.5 Å². The van der Waals surface area contributed by atoms with Crippen molar-refractivity contribution in [3.8, 4) is 0 Å². The van der Waals surface area contributed by atoms with Crippen LogP contribution in [0.15, 0.2) is 30.5 Å². The van der Waals surface area contributed by atoms with E-state index in [4.69, 9.17) is 0 Å². The van der Waals surface area contributed by atoms with Gasteiger partial charge in [0.05, 0.1) is 6.20 Å². The molecule has 0 aliphatic carbocycles. The molecule has 0 atom stereocenters. The summed E-state index contributed by atoms with van der Waals surface area (Å²) in [4.78, 5) is 14.8. The van der Waals surface area contributed by atoms with Crippen LogP contribution in [0.2, 0.25) is 0 Å². The Labute approximate surface area is 130 Å². The third-order valence-corrected chi connectivity index (χ3v) is 4.15. The monoisotopic (exact) mass is 298 g/mol. The molecule has 22 heavy (non-hydrogen) atoms. The number of aromatic nitrogens is 2. The highest BCUT2D eigenvalue weighted by atomic mass is 16.1. The first-order valence-electron chi connectivity index (χ1n) is 7.88. The van der Waals surface area contributed by atoms with Crippen molar-refractivity contribution in [2.24, 2.45) is 0 Å². The van der Waals surface area contributed by atoms with E-state index in [-0.39, 0.29) is 5.91 Å². The largest absolute Gasteiger partial charge is 0.372 e. The van der Waals surface area contributed by atoms with Gasteiger partial charge in [-0.2, -0.15) is 5.10 Å². The van der Waals surface area contributed by atoms with E-state index >= 15 is 0 Å². The fourth-order valence-electron chi connectivity index (χ4n) is 2.86. The second-order valence-electron chi connectivity index (χ2n) is 5.69. The average Bonchev–Trinajstić information content (AvgIpc) is 3.18. The molecule has 0 saturated carbocycles. The lowest BCUT2D eigenvalue weighted by atomic mass is 10.2. The van der Waals surface area contributed by atoms with Crippen LogP contribution in [0.3, 0.4) is 0 Å². The molecule has 3 rings (SSSR count). The van der Waals surface area contributed by atoms with E-state index in [1.54, 1.807) is 10.9 Å². The maximum Gasteiger partial charge on any atom is 0.256 e. The number of aryl methyl sites for hydroxylation is 2. The number of hydrogen-bond acceptors (Lipinski definition) is 3. The molecule has 1 aromatic heterocycles. The molecule has 0 spiro atoms. The maximum atomic E-state index is 12.4. The van der Waals surface area contributed by atoms with Crippen LogP contribution in [0.25, 0.3) is 0 Å². The summed E-state index contributed by atoms with van der Waals surface area (Å²) in [6.07, 6.45) is 4.28. The molecule has 1 aliphatic rings. The normalized spacial score (nSPS) is 14.4. The Morgan fingerprint density at radius 3 is 2.55 bits per heavy atom. The predicted molar refractivity (Wildman–Crippen MR) is 88.5 cm³/mol. The molecule has 1 saturated heterocycles. The lowest BCUT2D eigenvalue weighted by Gasteiger charge is -2.17. The van der Waals surface area contributed by atoms with Crippen molar-refractivity contribution >= 4 is 17.4 Å². The molecule has 1 amide bonds. The van der Waals surface area contributed by atoms with E-state index in [0.717, 1.165) is 31.0 Å². The van der Waals surface area contributed by atoms with Gasteiger partial charge < -0.3 is 10.2 Å². The summed E-state index contributed by atoms with van der Waals surface area (Å²) < 4.78 is 1.80. The third-order valence-electron chi connectivity index (χ3n) is 4.15. The quantitative estimate of drug-likeness (QED) is 0.943. The van der Waals surface area contributed by atoms with Gasteiger partial charge in [0.15, 0.2) is 0 Å². The highest BCUT2D eigenvalue weighted by molar-refractivity contribution is 6.04. The van der Waals surface area contributed by atoms with Crippen LogP contribution in [0.4, 0.5) is 11.5 Å². The minimum absolute atomic E-state index is 0.0914. The zero-order chi connectivity index (χ0) is 15.5. The lowest BCUT2D eigenvalue weighted by molar-refractivity contribution is 0.102. The second-order valence-corrected chi connectivity index (χ2v) is 5.69. The smallest absolute Gasteiger partial charge is 0.256 e. The number of nitrogens with one attached hydrogen (secondary N) is 1. The van der Waals surface area contributed by atoms with Crippen LogP contribution >= 0.6 is 0 Å². The first kappa shape index (κ1) is 14.6. The topological polar surface area (TPSA) is 50.2 Å². The summed E-state index contributed by atoms with van der Waals surface area (Å²) in [6, 6.07) is 7.85. The first-order chi connectivity index (χ1) is 10.7. The number of anilines is 2. The summed E-state index contributed by atoms with van der Waals surface area (Å²) in [5.41, 5.74) is 2.85. The van der Waals surface area contributed by atoms with Gasteiger partial charge in [-0.15, -0.1) is 0 Å². The molecule has 5 heteroatoms. The minimum atomic E-state index is -0.0914. The number of hydrogen-bond donors (Lipinski definition) is 1. The molecular weight excluding hydrogens is 276 g/mol. The number of nitrogens with zero attached hydrogens (tertiary/aromatic N) is 3. The minimum Gasteiger partial charge on any atom is -0.372 e. The van der Waals surface area contributed by atoms with Crippen molar-refractivity contribution in [1.29, 1.82) is 0 Å². The standard InChI is InChI=1S/C17H22N4O/c1-3-21-16(13(2)12-18-21)19-17(22)14-6-8-15(9-7-14)20-10-4-5-11-20/h6-9,12H,3-5,10-11H2,1-2H3,(H,19,22). The van der Waals surface area contributed by atoms with Crippen molar-refractivity contribution in [3.63, 3.8) is 0 Å². The predicted octanol–water partition coefficient (Wildman–Crippen LogP) is 3.06. The van der Waals surface area contributed by atoms with Crippen LogP contribution in [-0.2, 0) is 6.54 Å². The van der Waals surface area contributed by atoms with Gasteiger partial charge >= 0.3 is 0 Å². The van der Waals surface area contributed by atoms with Gasteiger partial charge in [0.25, 0.3) is 5.91 Å². The van der Waals surface area contributed by atoms with Gasteiger partial charge in [0.1, 0.15) is 5.82 Å². The Morgan fingerprint density at radius 2 is 1.91 bits per heavy atom. The maximum absolute atomic E-state index is 12.4. The van der Waals surface area contributed by atoms with E-state index < -0.39 is 0 Å².